The number of hydrogen-bond donors (Lipinski definition) is 1. The molecule has 5 atom stereocenters. The number of carbonyl (C=O) groups excluding carboxylic acids is 2. The van der Waals surface area contributed by atoms with Crippen molar-refractivity contribution in [2.24, 2.45) is 23.2 Å². The Kier molecular flexibility index (Phi) is 2.50. The van der Waals surface area contributed by atoms with E-state index in [4.69, 9.17) is 4.74 Å². The van der Waals surface area contributed by atoms with Crippen LogP contribution in [-0.2, 0) is 14.3 Å². The van der Waals surface area contributed by atoms with Crippen molar-refractivity contribution in [3.63, 3.8) is 0 Å². The lowest BCUT2D eigenvalue weighted by Crippen LogP contribution is -2.42. The molecule has 2 fully saturated rings. The van der Waals surface area contributed by atoms with E-state index in [1.807, 2.05) is 13.8 Å². The van der Waals surface area contributed by atoms with Gasteiger partial charge in [-0.3, -0.25) is 9.59 Å². The number of Topliss-reactive ketones (excluding diaryl/α,β-unsaturated/α-hetero) is 1. The first kappa shape index (κ1) is 12.9. The van der Waals surface area contributed by atoms with Crippen LogP contribution >= 0.6 is 0 Å². The van der Waals surface area contributed by atoms with Crippen molar-refractivity contribution in [1.82, 2.24) is 0 Å². The number of ether oxygens (including phenoxy) is 1. The average Bonchev–Trinajstić information content (AvgIpc) is 2.74. The second-order valence-corrected chi connectivity index (χ2v) is 6.99. The Morgan fingerprint density at radius 1 is 1.26 bits per heavy atom. The molecular weight excluding hydrogens is 244 g/mol. The maximum Gasteiger partial charge on any atom is 0.310 e. The van der Waals surface area contributed by atoms with Gasteiger partial charge in [0.2, 0.25) is 0 Å². The second-order valence-electron chi connectivity index (χ2n) is 6.99. The molecule has 104 valence electrons. The molecule has 1 N–H and O–H groups in total. The highest BCUT2D eigenvalue weighted by Gasteiger charge is 2.62. The highest BCUT2D eigenvalue weighted by atomic mass is 16.6. The van der Waals surface area contributed by atoms with Gasteiger partial charge in [-0.15, -0.1) is 0 Å². The van der Waals surface area contributed by atoms with Gasteiger partial charge in [0.15, 0.2) is 5.78 Å². The number of allylic oxidation sites excluding steroid dienone is 1. The molecule has 1 aliphatic heterocycles. The molecule has 0 amide bonds. The zero-order chi connectivity index (χ0) is 14.0. The first-order chi connectivity index (χ1) is 8.74. The Morgan fingerprint density at radius 3 is 2.63 bits per heavy atom. The summed E-state index contributed by atoms with van der Waals surface area (Å²) in [5.74, 6) is -0.949. The normalized spacial score (nSPS) is 49.3. The quantitative estimate of drug-likeness (QED) is 0.531. The summed E-state index contributed by atoms with van der Waals surface area (Å²) >= 11 is 0. The molecule has 4 nitrogen and oxygen atoms in total. The fraction of sp³-hybridized carbons (Fsp3) is 0.733. The third-order valence-corrected chi connectivity index (χ3v) is 5.01. The topological polar surface area (TPSA) is 63.6 Å². The first-order valence-electron chi connectivity index (χ1n) is 6.89. The van der Waals surface area contributed by atoms with Gasteiger partial charge in [0.05, 0.1) is 5.92 Å². The molecule has 3 rings (SSSR count). The summed E-state index contributed by atoms with van der Waals surface area (Å²) in [5.41, 5.74) is -1.62. The van der Waals surface area contributed by atoms with Gasteiger partial charge >= 0.3 is 5.97 Å². The fourth-order valence-corrected chi connectivity index (χ4v) is 4.07. The second kappa shape index (κ2) is 3.69. The van der Waals surface area contributed by atoms with Crippen LogP contribution in [0.1, 0.15) is 33.6 Å². The first-order valence-corrected chi connectivity index (χ1v) is 6.89. The third kappa shape index (κ3) is 1.69. The minimum Gasteiger partial charge on any atom is -0.461 e. The minimum atomic E-state index is -1.42. The lowest BCUT2D eigenvalue weighted by molar-refractivity contribution is -0.147. The van der Waals surface area contributed by atoms with Crippen molar-refractivity contribution in [3.05, 3.63) is 12.2 Å². The van der Waals surface area contributed by atoms with Crippen molar-refractivity contribution in [2.75, 3.05) is 0 Å². The number of aliphatic hydroxyl groups is 1. The lowest BCUT2D eigenvalue weighted by Gasteiger charge is -2.28. The molecule has 0 unspecified atom stereocenters. The summed E-state index contributed by atoms with van der Waals surface area (Å²) in [7, 11) is 0. The fourth-order valence-electron chi connectivity index (χ4n) is 4.07. The van der Waals surface area contributed by atoms with E-state index >= 15 is 0 Å². The van der Waals surface area contributed by atoms with E-state index in [-0.39, 0.29) is 41.0 Å². The molecule has 2 aliphatic carbocycles. The molecule has 4 heteroatoms. The van der Waals surface area contributed by atoms with Gasteiger partial charge in [-0.05, 0) is 25.8 Å². The highest BCUT2D eigenvalue weighted by Crippen LogP contribution is 2.56. The Balaban J connectivity index is 2.08. The standard InChI is InChI=1S/C15H20O4/c1-14(2)7-9-10-8(13(17)19-12(10)14)5-4-6-15(3,18)11(9)16/h4,6,8-10,12,18H,5,7H2,1-3H3/b6-4-/t8-,9-,10-,12-,15+/m0/s1. The summed E-state index contributed by atoms with van der Waals surface area (Å²) in [5, 5.41) is 10.3. The van der Waals surface area contributed by atoms with Crippen LogP contribution in [0.15, 0.2) is 12.2 Å². The lowest BCUT2D eigenvalue weighted by atomic mass is 9.74. The van der Waals surface area contributed by atoms with Crippen LogP contribution in [0.3, 0.4) is 0 Å². The maximum atomic E-state index is 12.5. The van der Waals surface area contributed by atoms with Gasteiger partial charge in [0.1, 0.15) is 11.7 Å². The molecule has 3 aliphatic rings. The molecule has 19 heavy (non-hydrogen) atoms. The predicted octanol–water partition coefficient (Wildman–Crippen LogP) is 1.47. The molecule has 0 bridgehead atoms. The third-order valence-electron chi connectivity index (χ3n) is 5.01. The highest BCUT2D eigenvalue weighted by molar-refractivity contribution is 5.93. The molecule has 0 radical (unpaired) electrons. The van der Waals surface area contributed by atoms with Gasteiger partial charge in [-0.2, -0.15) is 0 Å². The zero-order valence-corrected chi connectivity index (χ0v) is 11.6. The molecule has 0 spiro atoms. The molecular formula is C15H20O4. The summed E-state index contributed by atoms with van der Waals surface area (Å²) in [6, 6.07) is 0. The van der Waals surface area contributed by atoms with E-state index < -0.39 is 5.60 Å². The van der Waals surface area contributed by atoms with Crippen LogP contribution in [-0.4, -0.2) is 28.6 Å². The monoisotopic (exact) mass is 264 g/mol. The van der Waals surface area contributed by atoms with Gasteiger partial charge in [0.25, 0.3) is 0 Å². The van der Waals surface area contributed by atoms with Crippen LogP contribution in [0, 0.1) is 23.2 Å². The zero-order valence-electron chi connectivity index (χ0n) is 11.6. The summed E-state index contributed by atoms with van der Waals surface area (Å²) in [6.45, 7) is 5.60. The van der Waals surface area contributed by atoms with Gasteiger partial charge < -0.3 is 9.84 Å². The van der Waals surface area contributed by atoms with Crippen molar-refractivity contribution in [2.45, 2.75) is 45.3 Å². The predicted molar refractivity (Wildman–Crippen MR) is 68.1 cm³/mol. The van der Waals surface area contributed by atoms with E-state index in [1.165, 1.54) is 13.0 Å². The van der Waals surface area contributed by atoms with Crippen LogP contribution in [0.5, 0.6) is 0 Å². The van der Waals surface area contributed by atoms with Crippen LogP contribution < -0.4 is 0 Å². The summed E-state index contributed by atoms with van der Waals surface area (Å²) in [4.78, 5) is 24.5. The van der Waals surface area contributed by atoms with Crippen molar-refractivity contribution < 1.29 is 19.4 Å². The largest absolute Gasteiger partial charge is 0.461 e. The number of esters is 1. The summed E-state index contributed by atoms with van der Waals surface area (Å²) in [6.07, 6.45) is 4.30. The van der Waals surface area contributed by atoms with Crippen molar-refractivity contribution >= 4 is 11.8 Å². The smallest absolute Gasteiger partial charge is 0.310 e. The number of hydrogen-bond acceptors (Lipinski definition) is 4. The minimum absolute atomic E-state index is 0.0774. The Morgan fingerprint density at radius 2 is 1.95 bits per heavy atom. The number of ketones is 1. The van der Waals surface area contributed by atoms with Gasteiger partial charge in [-0.25, -0.2) is 0 Å². The molecule has 0 aromatic heterocycles. The van der Waals surface area contributed by atoms with Crippen molar-refractivity contribution in [3.8, 4) is 0 Å². The molecule has 0 aromatic rings. The van der Waals surface area contributed by atoms with E-state index in [9.17, 15) is 14.7 Å². The molecule has 1 saturated carbocycles. The SMILES string of the molecule is CC1(C)C[C@@H]2C(=O)[C@](C)(O)/C=C\C[C@@H]3C(=O)O[C@H]1[C@@H]32. The van der Waals surface area contributed by atoms with Crippen LogP contribution in [0.25, 0.3) is 0 Å². The van der Waals surface area contributed by atoms with Crippen LogP contribution in [0.4, 0.5) is 0 Å². The number of rotatable bonds is 0. The number of carbonyl (C=O) groups is 2. The molecule has 1 heterocycles. The molecule has 1 saturated heterocycles. The maximum absolute atomic E-state index is 12.5. The van der Waals surface area contributed by atoms with E-state index in [0.29, 0.717) is 12.8 Å². The van der Waals surface area contributed by atoms with Gasteiger partial charge in [0, 0.05) is 17.3 Å². The Labute approximate surface area is 112 Å². The average molecular weight is 264 g/mol. The van der Waals surface area contributed by atoms with E-state index in [0.717, 1.165) is 0 Å². The van der Waals surface area contributed by atoms with E-state index in [1.54, 1.807) is 6.08 Å². The van der Waals surface area contributed by atoms with Gasteiger partial charge in [-0.1, -0.05) is 19.9 Å². The Bertz CT molecular complexity index is 475. The van der Waals surface area contributed by atoms with E-state index in [2.05, 4.69) is 0 Å². The summed E-state index contributed by atoms with van der Waals surface area (Å²) < 4.78 is 5.54. The van der Waals surface area contributed by atoms with Crippen molar-refractivity contribution in [1.29, 1.82) is 0 Å². The van der Waals surface area contributed by atoms with Crippen LogP contribution in [0.2, 0.25) is 0 Å². The molecule has 0 aromatic carbocycles. The Hall–Kier alpha value is -1.16.